The average Bonchev–Trinajstić information content (AvgIpc) is 2.37. The second kappa shape index (κ2) is 6.24. The van der Waals surface area contributed by atoms with Gasteiger partial charge in [0.1, 0.15) is 6.54 Å². The molecular formula is C16H23N3O2. The van der Waals surface area contributed by atoms with Crippen LogP contribution in [0.4, 0.5) is 0 Å². The number of hydrogen-bond acceptors (Lipinski definition) is 3. The van der Waals surface area contributed by atoms with Gasteiger partial charge in [0.2, 0.25) is 0 Å². The Morgan fingerprint density at radius 2 is 2.24 bits per heavy atom. The predicted molar refractivity (Wildman–Crippen MR) is 83.1 cm³/mol. The number of hydrazone groups is 1. The van der Waals surface area contributed by atoms with Crippen LogP contribution >= 0.6 is 0 Å². The Bertz CT molecular complexity index is 602. The first-order valence-corrected chi connectivity index (χ1v) is 7.35. The largest absolute Gasteiger partial charge is 0.306 e. The molecule has 1 aliphatic rings. The molecule has 1 aliphatic carbocycles. The number of carbonyl (C=O) groups excluding carboxylic acids is 1. The zero-order valence-corrected chi connectivity index (χ0v) is 12.9. The molecule has 1 aromatic rings. The van der Waals surface area contributed by atoms with Crippen LogP contribution in [0.25, 0.3) is 0 Å². The normalized spacial score (nSPS) is 23.0. The van der Waals surface area contributed by atoms with Crippen LogP contribution < -0.4 is 11.0 Å². The first kappa shape index (κ1) is 15.5. The van der Waals surface area contributed by atoms with Crippen molar-refractivity contribution in [3.05, 3.63) is 34.7 Å². The molecule has 1 heterocycles. The van der Waals surface area contributed by atoms with Crippen molar-refractivity contribution in [3.8, 4) is 0 Å². The van der Waals surface area contributed by atoms with Gasteiger partial charge in [-0.15, -0.1) is 0 Å². The van der Waals surface area contributed by atoms with Crippen LogP contribution in [-0.2, 0) is 11.3 Å². The quantitative estimate of drug-likeness (QED) is 0.867. The van der Waals surface area contributed by atoms with Gasteiger partial charge in [0.05, 0.1) is 0 Å². The van der Waals surface area contributed by atoms with Crippen molar-refractivity contribution >= 4 is 11.6 Å². The van der Waals surface area contributed by atoms with Gasteiger partial charge >= 0.3 is 0 Å². The minimum Gasteiger partial charge on any atom is -0.306 e. The van der Waals surface area contributed by atoms with Crippen molar-refractivity contribution in [2.24, 2.45) is 16.4 Å². The van der Waals surface area contributed by atoms with Crippen molar-refractivity contribution in [1.82, 2.24) is 9.99 Å². The lowest BCUT2D eigenvalue weighted by Gasteiger charge is -2.34. The third-order valence-corrected chi connectivity index (χ3v) is 3.72. The van der Waals surface area contributed by atoms with E-state index < -0.39 is 0 Å². The molecule has 0 spiro atoms. The van der Waals surface area contributed by atoms with E-state index in [1.54, 1.807) is 18.3 Å². The van der Waals surface area contributed by atoms with Crippen molar-refractivity contribution in [2.75, 3.05) is 0 Å². The minimum atomic E-state index is -0.271. The number of nitrogens with zero attached hydrogens (tertiary/aromatic N) is 2. The maximum atomic E-state index is 11.9. The number of carbonyl (C=O) groups is 1. The highest BCUT2D eigenvalue weighted by atomic mass is 16.2. The number of aromatic nitrogens is 1. The van der Waals surface area contributed by atoms with Crippen LogP contribution in [0.3, 0.4) is 0 Å². The standard InChI is InChI=1S/C16H23N3O2/c1-12-8-13(10-16(2,3)9-12)17-18-14(20)11-19-7-5-4-6-15(19)21/h4-7,12H,8-11H2,1-3H3,(H,18,20)/b17-13-/t12-/m0/s1. The summed E-state index contributed by atoms with van der Waals surface area (Å²) in [6.07, 6.45) is 4.61. The van der Waals surface area contributed by atoms with Crippen LogP contribution in [0, 0.1) is 11.3 Å². The molecule has 2 rings (SSSR count). The first-order valence-electron chi connectivity index (χ1n) is 7.35. The molecule has 1 atom stereocenters. The Morgan fingerprint density at radius 3 is 2.90 bits per heavy atom. The molecule has 1 aromatic heterocycles. The lowest BCUT2D eigenvalue weighted by molar-refractivity contribution is -0.121. The molecule has 1 amide bonds. The fourth-order valence-electron chi connectivity index (χ4n) is 3.12. The summed E-state index contributed by atoms with van der Waals surface area (Å²) in [4.78, 5) is 23.4. The van der Waals surface area contributed by atoms with Crippen molar-refractivity contribution in [1.29, 1.82) is 0 Å². The van der Waals surface area contributed by atoms with Crippen molar-refractivity contribution in [3.63, 3.8) is 0 Å². The van der Waals surface area contributed by atoms with Gasteiger partial charge in [-0.05, 0) is 36.7 Å². The highest BCUT2D eigenvalue weighted by Crippen LogP contribution is 2.36. The first-order chi connectivity index (χ1) is 9.85. The van der Waals surface area contributed by atoms with E-state index in [0.717, 1.165) is 18.6 Å². The minimum absolute atomic E-state index is 0.00456. The van der Waals surface area contributed by atoms with Crippen LogP contribution in [0.2, 0.25) is 0 Å². The maximum Gasteiger partial charge on any atom is 0.260 e. The summed E-state index contributed by atoms with van der Waals surface area (Å²) in [5.74, 6) is 0.313. The molecule has 114 valence electrons. The molecule has 0 aromatic carbocycles. The third-order valence-electron chi connectivity index (χ3n) is 3.72. The SMILES string of the molecule is C[C@H]1C/C(=N/NC(=O)Cn2ccccc2=O)CC(C)(C)C1. The lowest BCUT2D eigenvalue weighted by atomic mass is 9.72. The summed E-state index contributed by atoms with van der Waals surface area (Å²) in [5.41, 5.74) is 3.66. The van der Waals surface area contributed by atoms with Gasteiger partial charge in [-0.2, -0.15) is 5.10 Å². The molecular weight excluding hydrogens is 266 g/mol. The Morgan fingerprint density at radius 1 is 1.48 bits per heavy atom. The van der Waals surface area contributed by atoms with E-state index in [1.807, 2.05) is 0 Å². The van der Waals surface area contributed by atoms with Gasteiger partial charge in [-0.3, -0.25) is 9.59 Å². The molecule has 21 heavy (non-hydrogen) atoms. The van der Waals surface area contributed by atoms with E-state index in [4.69, 9.17) is 0 Å². The smallest absolute Gasteiger partial charge is 0.260 e. The molecule has 5 heteroatoms. The highest BCUT2D eigenvalue weighted by molar-refractivity contribution is 5.87. The number of amides is 1. The number of hydrogen-bond donors (Lipinski definition) is 1. The fraction of sp³-hybridized carbons (Fsp3) is 0.562. The van der Waals surface area contributed by atoms with Crippen LogP contribution in [-0.4, -0.2) is 16.2 Å². The maximum absolute atomic E-state index is 11.9. The second-order valence-electron chi connectivity index (χ2n) is 6.73. The Labute approximate surface area is 125 Å². The Hall–Kier alpha value is -1.91. The third kappa shape index (κ3) is 4.55. The molecule has 1 fully saturated rings. The lowest BCUT2D eigenvalue weighted by Crippen LogP contribution is -2.32. The van der Waals surface area contributed by atoms with Gasteiger partial charge < -0.3 is 4.57 Å². The van der Waals surface area contributed by atoms with Crippen LogP contribution in [0.5, 0.6) is 0 Å². The summed E-state index contributed by atoms with van der Waals surface area (Å²) < 4.78 is 1.36. The monoisotopic (exact) mass is 289 g/mol. The van der Waals surface area contributed by atoms with Gasteiger partial charge in [0.25, 0.3) is 11.5 Å². The van der Waals surface area contributed by atoms with Crippen molar-refractivity contribution < 1.29 is 4.79 Å². The molecule has 0 aliphatic heterocycles. The highest BCUT2D eigenvalue weighted by Gasteiger charge is 2.29. The molecule has 5 nitrogen and oxygen atoms in total. The van der Waals surface area contributed by atoms with E-state index in [9.17, 15) is 9.59 Å². The van der Waals surface area contributed by atoms with E-state index in [-0.39, 0.29) is 23.4 Å². The van der Waals surface area contributed by atoms with Crippen molar-refractivity contribution in [2.45, 2.75) is 46.6 Å². The van der Waals surface area contributed by atoms with E-state index >= 15 is 0 Å². The van der Waals surface area contributed by atoms with Crippen LogP contribution in [0.1, 0.15) is 40.0 Å². The van der Waals surface area contributed by atoms with E-state index in [2.05, 4.69) is 31.3 Å². The predicted octanol–water partition coefficient (Wildman–Crippen LogP) is 2.17. The molecule has 0 unspecified atom stereocenters. The number of pyridine rings is 1. The molecule has 0 saturated heterocycles. The zero-order chi connectivity index (χ0) is 15.5. The number of nitrogens with one attached hydrogen (secondary N) is 1. The Kier molecular flexibility index (Phi) is 4.60. The number of rotatable bonds is 3. The summed E-state index contributed by atoms with van der Waals surface area (Å²) >= 11 is 0. The van der Waals surface area contributed by atoms with Gasteiger partial charge in [-0.1, -0.05) is 26.8 Å². The molecule has 1 N–H and O–H groups in total. The summed E-state index contributed by atoms with van der Waals surface area (Å²) in [5, 5.41) is 4.26. The van der Waals surface area contributed by atoms with E-state index in [1.165, 1.54) is 17.1 Å². The topological polar surface area (TPSA) is 63.5 Å². The summed E-state index contributed by atoms with van der Waals surface area (Å²) in [6, 6.07) is 4.82. The van der Waals surface area contributed by atoms with Crippen LogP contribution in [0.15, 0.2) is 34.3 Å². The average molecular weight is 289 g/mol. The fourth-order valence-corrected chi connectivity index (χ4v) is 3.12. The second-order valence-corrected chi connectivity index (χ2v) is 6.73. The summed E-state index contributed by atoms with van der Waals surface area (Å²) in [6.45, 7) is 6.66. The van der Waals surface area contributed by atoms with Gasteiger partial charge in [0.15, 0.2) is 0 Å². The molecule has 0 radical (unpaired) electrons. The van der Waals surface area contributed by atoms with Gasteiger partial charge in [0, 0.05) is 18.0 Å². The summed E-state index contributed by atoms with van der Waals surface area (Å²) in [7, 11) is 0. The zero-order valence-electron chi connectivity index (χ0n) is 12.9. The van der Waals surface area contributed by atoms with E-state index in [0.29, 0.717) is 5.92 Å². The molecule has 0 bridgehead atoms. The Balaban J connectivity index is 1.96. The molecule has 1 saturated carbocycles. The van der Waals surface area contributed by atoms with Gasteiger partial charge in [-0.25, -0.2) is 5.43 Å².